The van der Waals surface area contributed by atoms with Crippen LogP contribution in [0.5, 0.6) is 11.5 Å². The van der Waals surface area contributed by atoms with E-state index in [9.17, 15) is 9.59 Å². The molecule has 5 nitrogen and oxygen atoms in total. The van der Waals surface area contributed by atoms with Crippen molar-refractivity contribution in [1.29, 1.82) is 0 Å². The predicted molar refractivity (Wildman–Crippen MR) is 83.7 cm³/mol. The summed E-state index contributed by atoms with van der Waals surface area (Å²) < 4.78 is 10.6. The zero-order valence-corrected chi connectivity index (χ0v) is 12.5. The van der Waals surface area contributed by atoms with Crippen LogP contribution in [0.1, 0.15) is 15.9 Å². The third-order valence-corrected chi connectivity index (χ3v) is 3.02. The Morgan fingerprint density at radius 3 is 2.55 bits per heavy atom. The van der Waals surface area contributed by atoms with Gasteiger partial charge in [0.1, 0.15) is 17.8 Å². The molecule has 5 heteroatoms. The number of benzene rings is 2. The van der Waals surface area contributed by atoms with Gasteiger partial charge in [0.25, 0.3) is 5.91 Å². The fraction of sp³-hybridized carbons (Fsp3) is 0.176. The molecule has 2 rings (SSSR count). The second kappa shape index (κ2) is 7.26. The molecular weight excluding hydrogens is 282 g/mol. The number of aldehydes is 1. The summed E-state index contributed by atoms with van der Waals surface area (Å²) in [5.74, 6) is 0.828. The lowest BCUT2D eigenvalue weighted by Crippen LogP contribution is -2.20. The highest BCUT2D eigenvalue weighted by Gasteiger charge is 2.08. The molecule has 0 spiro atoms. The van der Waals surface area contributed by atoms with E-state index in [4.69, 9.17) is 9.47 Å². The van der Waals surface area contributed by atoms with Gasteiger partial charge in [0.2, 0.25) is 0 Å². The molecule has 0 heterocycles. The highest BCUT2D eigenvalue weighted by Crippen LogP contribution is 2.25. The van der Waals surface area contributed by atoms with Gasteiger partial charge in [-0.25, -0.2) is 0 Å². The number of rotatable bonds is 6. The number of hydrogen-bond donors (Lipinski definition) is 1. The van der Waals surface area contributed by atoms with Gasteiger partial charge in [-0.1, -0.05) is 6.07 Å². The van der Waals surface area contributed by atoms with E-state index in [1.807, 2.05) is 19.1 Å². The second-order valence-corrected chi connectivity index (χ2v) is 4.73. The Labute approximate surface area is 128 Å². The molecule has 0 fully saturated rings. The minimum Gasteiger partial charge on any atom is -0.495 e. The number of hydrogen-bond acceptors (Lipinski definition) is 4. The molecular formula is C17H17NO4. The van der Waals surface area contributed by atoms with Crippen molar-refractivity contribution in [3.05, 3.63) is 53.6 Å². The Balaban J connectivity index is 1.95. The SMILES string of the molecule is COc1ccc(C)cc1NC(=O)COc1ccc(C=O)cc1. The van der Waals surface area contributed by atoms with Crippen molar-refractivity contribution < 1.29 is 19.1 Å². The molecule has 0 aliphatic carbocycles. The highest BCUT2D eigenvalue weighted by atomic mass is 16.5. The van der Waals surface area contributed by atoms with E-state index in [0.717, 1.165) is 11.8 Å². The van der Waals surface area contributed by atoms with Gasteiger partial charge in [-0.05, 0) is 48.9 Å². The minimum atomic E-state index is -0.289. The molecule has 0 radical (unpaired) electrons. The van der Waals surface area contributed by atoms with Crippen LogP contribution in [0.25, 0.3) is 0 Å². The maximum absolute atomic E-state index is 11.9. The summed E-state index contributed by atoms with van der Waals surface area (Å²) in [5.41, 5.74) is 2.18. The first-order valence-electron chi connectivity index (χ1n) is 6.75. The zero-order chi connectivity index (χ0) is 15.9. The van der Waals surface area contributed by atoms with Crippen molar-refractivity contribution in [3.63, 3.8) is 0 Å². The van der Waals surface area contributed by atoms with E-state index in [2.05, 4.69) is 5.32 Å². The normalized spacial score (nSPS) is 9.91. The van der Waals surface area contributed by atoms with Crippen molar-refractivity contribution in [2.75, 3.05) is 19.0 Å². The van der Waals surface area contributed by atoms with Gasteiger partial charge in [-0.2, -0.15) is 0 Å². The molecule has 0 saturated heterocycles. The summed E-state index contributed by atoms with van der Waals surface area (Å²) in [6, 6.07) is 12.1. The Hall–Kier alpha value is -2.82. The third kappa shape index (κ3) is 4.09. The molecule has 0 bridgehead atoms. The van der Waals surface area contributed by atoms with Crippen LogP contribution in [-0.2, 0) is 4.79 Å². The van der Waals surface area contributed by atoms with Crippen molar-refractivity contribution in [2.45, 2.75) is 6.92 Å². The molecule has 0 atom stereocenters. The van der Waals surface area contributed by atoms with Crippen molar-refractivity contribution in [3.8, 4) is 11.5 Å². The van der Waals surface area contributed by atoms with Crippen LogP contribution in [0, 0.1) is 6.92 Å². The van der Waals surface area contributed by atoms with Gasteiger partial charge < -0.3 is 14.8 Å². The molecule has 2 aromatic rings. The number of carbonyl (C=O) groups excluding carboxylic acids is 2. The number of carbonyl (C=O) groups is 2. The van der Waals surface area contributed by atoms with E-state index in [-0.39, 0.29) is 12.5 Å². The van der Waals surface area contributed by atoms with Gasteiger partial charge in [0.05, 0.1) is 12.8 Å². The quantitative estimate of drug-likeness (QED) is 0.833. The molecule has 22 heavy (non-hydrogen) atoms. The van der Waals surface area contributed by atoms with Crippen LogP contribution in [0.15, 0.2) is 42.5 Å². The Morgan fingerprint density at radius 1 is 1.18 bits per heavy atom. The molecule has 0 aromatic heterocycles. The number of ether oxygens (including phenoxy) is 2. The molecule has 0 aliphatic rings. The number of anilines is 1. The minimum absolute atomic E-state index is 0.127. The molecule has 0 unspecified atom stereocenters. The standard InChI is InChI=1S/C17H17NO4/c1-12-3-8-16(21-2)15(9-12)18-17(20)11-22-14-6-4-13(10-19)5-7-14/h3-10H,11H2,1-2H3,(H,18,20). The topological polar surface area (TPSA) is 64.6 Å². The lowest BCUT2D eigenvalue weighted by Gasteiger charge is -2.11. The molecule has 114 valence electrons. The molecule has 1 N–H and O–H groups in total. The third-order valence-electron chi connectivity index (χ3n) is 3.02. The monoisotopic (exact) mass is 299 g/mol. The first-order valence-corrected chi connectivity index (χ1v) is 6.75. The maximum atomic E-state index is 11.9. The highest BCUT2D eigenvalue weighted by molar-refractivity contribution is 5.93. The Kier molecular flexibility index (Phi) is 5.14. The van der Waals surface area contributed by atoms with Crippen LogP contribution >= 0.6 is 0 Å². The van der Waals surface area contributed by atoms with Gasteiger partial charge in [0, 0.05) is 5.56 Å². The van der Waals surface area contributed by atoms with E-state index in [1.165, 1.54) is 0 Å². The van der Waals surface area contributed by atoms with E-state index in [0.29, 0.717) is 22.7 Å². The fourth-order valence-electron chi connectivity index (χ4n) is 1.90. The Morgan fingerprint density at radius 2 is 1.91 bits per heavy atom. The number of amides is 1. The zero-order valence-electron chi connectivity index (χ0n) is 12.5. The summed E-state index contributed by atoms with van der Waals surface area (Å²) in [5, 5.41) is 2.75. The number of nitrogens with one attached hydrogen (secondary N) is 1. The van der Waals surface area contributed by atoms with Gasteiger partial charge in [0.15, 0.2) is 6.61 Å². The molecule has 0 aliphatic heterocycles. The van der Waals surface area contributed by atoms with E-state index >= 15 is 0 Å². The fourth-order valence-corrected chi connectivity index (χ4v) is 1.90. The average Bonchev–Trinajstić information content (AvgIpc) is 2.53. The number of aryl methyl sites for hydroxylation is 1. The van der Waals surface area contributed by atoms with Crippen molar-refractivity contribution in [1.82, 2.24) is 0 Å². The number of methoxy groups -OCH3 is 1. The molecule has 1 amide bonds. The van der Waals surface area contributed by atoms with E-state index in [1.54, 1.807) is 37.4 Å². The molecule has 2 aromatic carbocycles. The van der Waals surface area contributed by atoms with Crippen LogP contribution < -0.4 is 14.8 Å². The average molecular weight is 299 g/mol. The van der Waals surface area contributed by atoms with Gasteiger partial charge >= 0.3 is 0 Å². The largest absolute Gasteiger partial charge is 0.495 e. The first-order chi connectivity index (χ1) is 10.6. The first kappa shape index (κ1) is 15.6. The smallest absolute Gasteiger partial charge is 0.262 e. The lowest BCUT2D eigenvalue weighted by molar-refractivity contribution is -0.118. The van der Waals surface area contributed by atoms with Gasteiger partial charge in [-0.3, -0.25) is 9.59 Å². The van der Waals surface area contributed by atoms with Crippen LogP contribution in [0.4, 0.5) is 5.69 Å². The summed E-state index contributed by atoms with van der Waals surface area (Å²) >= 11 is 0. The van der Waals surface area contributed by atoms with Crippen LogP contribution in [-0.4, -0.2) is 25.9 Å². The summed E-state index contributed by atoms with van der Waals surface area (Å²) in [4.78, 5) is 22.5. The maximum Gasteiger partial charge on any atom is 0.262 e. The summed E-state index contributed by atoms with van der Waals surface area (Å²) in [7, 11) is 1.55. The lowest BCUT2D eigenvalue weighted by atomic mass is 10.2. The Bertz CT molecular complexity index is 665. The van der Waals surface area contributed by atoms with Crippen molar-refractivity contribution >= 4 is 17.9 Å². The van der Waals surface area contributed by atoms with Crippen LogP contribution in [0.3, 0.4) is 0 Å². The van der Waals surface area contributed by atoms with Crippen molar-refractivity contribution in [2.24, 2.45) is 0 Å². The summed E-state index contributed by atoms with van der Waals surface area (Å²) in [6.07, 6.45) is 0.750. The summed E-state index contributed by atoms with van der Waals surface area (Å²) in [6.45, 7) is 1.80. The predicted octanol–water partition coefficient (Wildman–Crippen LogP) is 2.83. The second-order valence-electron chi connectivity index (χ2n) is 4.73. The van der Waals surface area contributed by atoms with Crippen LogP contribution in [0.2, 0.25) is 0 Å². The van der Waals surface area contributed by atoms with Gasteiger partial charge in [-0.15, -0.1) is 0 Å². The van der Waals surface area contributed by atoms with E-state index < -0.39 is 0 Å². The molecule has 0 saturated carbocycles.